The third kappa shape index (κ3) is 7.90. The van der Waals surface area contributed by atoms with E-state index in [1.54, 1.807) is 0 Å². The Balaban J connectivity index is 2.66. The number of hydrogen-bond donors (Lipinski definition) is 2. The minimum Gasteiger partial charge on any atom is -0.359 e. The molecule has 1 aromatic rings. The van der Waals surface area contributed by atoms with Crippen molar-refractivity contribution in [2.45, 2.75) is 59.9 Å². The van der Waals surface area contributed by atoms with E-state index in [1.165, 1.54) is 0 Å². The summed E-state index contributed by atoms with van der Waals surface area (Å²) >= 11 is 0. The first-order chi connectivity index (χ1) is 11.8. The molecule has 1 rings (SSSR count). The third-order valence-corrected chi connectivity index (χ3v) is 4.20. The van der Waals surface area contributed by atoms with Crippen molar-refractivity contribution in [3.05, 3.63) is 17.5 Å². The molecule has 0 atom stereocenters. The molecule has 0 aromatic carbocycles. The van der Waals surface area contributed by atoms with E-state index in [4.69, 9.17) is 4.52 Å². The molecule has 0 spiro atoms. The molecule has 0 fully saturated rings. The topological polar surface area (TPSA) is 65.7 Å². The van der Waals surface area contributed by atoms with Crippen molar-refractivity contribution in [3.63, 3.8) is 0 Å². The van der Waals surface area contributed by atoms with E-state index in [0.29, 0.717) is 12.5 Å². The molecule has 1 aromatic heterocycles. The summed E-state index contributed by atoms with van der Waals surface area (Å²) < 4.78 is 5.46. The number of rotatable bonds is 10. The molecule has 0 aliphatic carbocycles. The number of guanidine groups is 1. The average molecular weight is 352 g/mol. The minimum absolute atomic E-state index is 0.161. The van der Waals surface area contributed by atoms with Gasteiger partial charge in [-0.1, -0.05) is 32.9 Å². The Hall–Kier alpha value is -1.56. The Labute approximate surface area is 153 Å². The quantitative estimate of drug-likeness (QED) is 0.500. The average Bonchev–Trinajstić information content (AvgIpc) is 2.99. The van der Waals surface area contributed by atoms with Crippen LogP contribution in [0.4, 0.5) is 0 Å². The van der Waals surface area contributed by atoms with Gasteiger partial charge in [-0.05, 0) is 39.3 Å². The zero-order chi connectivity index (χ0) is 18.9. The largest absolute Gasteiger partial charge is 0.359 e. The summed E-state index contributed by atoms with van der Waals surface area (Å²) in [5.74, 6) is 2.10. The highest BCUT2D eigenvalue weighted by Gasteiger charge is 2.19. The van der Waals surface area contributed by atoms with Gasteiger partial charge in [0.2, 0.25) is 0 Å². The summed E-state index contributed by atoms with van der Waals surface area (Å²) in [6, 6.07) is 2.04. The van der Waals surface area contributed by atoms with Crippen LogP contribution in [0.1, 0.15) is 64.8 Å². The molecule has 0 radical (unpaired) electrons. The number of nitrogens with zero attached hydrogens (tertiary/aromatic N) is 3. The van der Waals surface area contributed by atoms with Gasteiger partial charge in [-0.15, -0.1) is 0 Å². The lowest BCUT2D eigenvalue weighted by Gasteiger charge is -2.29. The molecular formula is C19H37N5O. The first-order valence-electron chi connectivity index (χ1n) is 9.43. The van der Waals surface area contributed by atoms with Gasteiger partial charge in [-0.25, -0.2) is 4.99 Å². The van der Waals surface area contributed by atoms with Crippen LogP contribution in [0.2, 0.25) is 0 Å². The molecule has 0 saturated carbocycles. The van der Waals surface area contributed by atoms with E-state index in [1.807, 2.05) is 6.07 Å². The van der Waals surface area contributed by atoms with Crippen LogP contribution in [0.15, 0.2) is 15.6 Å². The van der Waals surface area contributed by atoms with E-state index in [2.05, 4.69) is 74.4 Å². The fourth-order valence-corrected chi connectivity index (χ4v) is 3.04. The van der Waals surface area contributed by atoms with Gasteiger partial charge in [0.25, 0.3) is 0 Å². The Morgan fingerprint density at radius 3 is 2.48 bits per heavy atom. The lowest BCUT2D eigenvalue weighted by atomic mass is 9.93. The monoisotopic (exact) mass is 351 g/mol. The van der Waals surface area contributed by atoms with E-state index >= 15 is 0 Å². The van der Waals surface area contributed by atoms with Gasteiger partial charge in [0.1, 0.15) is 6.54 Å². The van der Waals surface area contributed by atoms with E-state index < -0.39 is 0 Å². The van der Waals surface area contributed by atoms with Crippen LogP contribution in [0.5, 0.6) is 0 Å². The molecule has 0 saturated heterocycles. The van der Waals surface area contributed by atoms with Crippen molar-refractivity contribution in [3.8, 4) is 0 Å². The fraction of sp³-hybridized carbons (Fsp3) is 0.789. The zero-order valence-corrected chi connectivity index (χ0v) is 17.1. The van der Waals surface area contributed by atoms with Gasteiger partial charge >= 0.3 is 0 Å². The maximum Gasteiger partial charge on any atom is 0.191 e. The summed E-state index contributed by atoms with van der Waals surface area (Å²) in [6.45, 7) is 14.1. The predicted molar refractivity (Wildman–Crippen MR) is 105 cm³/mol. The highest BCUT2D eigenvalue weighted by Crippen LogP contribution is 2.22. The first kappa shape index (κ1) is 21.5. The molecule has 0 aliphatic heterocycles. The highest BCUT2D eigenvalue weighted by molar-refractivity contribution is 5.79. The molecule has 0 unspecified atom stereocenters. The number of hydrogen-bond acceptors (Lipinski definition) is 4. The molecular weight excluding hydrogens is 314 g/mol. The minimum atomic E-state index is 0.161. The van der Waals surface area contributed by atoms with Crippen molar-refractivity contribution in [2.75, 3.05) is 33.7 Å². The summed E-state index contributed by atoms with van der Waals surface area (Å²) in [7, 11) is 4.20. The summed E-state index contributed by atoms with van der Waals surface area (Å²) in [4.78, 5) is 6.85. The van der Waals surface area contributed by atoms with Crippen molar-refractivity contribution < 1.29 is 4.52 Å². The molecule has 6 nitrogen and oxygen atoms in total. The Morgan fingerprint density at radius 1 is 1.24 bits per heavy atom. The standard InChI is InChI=1S/C19H37N5O/c1-8-15(9-2)17-11-16(25-23-17)12-21-18(20-10-3)22-13-19(4,5)14-24(6)7/h11,15H,8-10,12-14H2,1-7H3,(H2,20,21,22). The van der Waals surface area contributed by atoms with Crippen LogP contribution in [0.3, 0.4) is 0 Å². The first-order valence-corrected chi connectivity index (χ1v) is 9.43. The zero-order valence-electron chi connectivity index (χ0n) is 17.1. The van der Waals surface area contributed by atoms with Gasteiger partial charge in [0, 0.05) is 31.6 Å². The molecule has 0 amide bonds. The van der Waals surface area contributed by atoms with Gasteiger partial charge in [0.15, 0.2) is 11.7 Å². The second-order valence-electron chi connectivity index (χ2n) is 7.68. The van der Waals surface area contributed by atoms with Crippen molar-refractivity contribution >= 4 is 5.96 Å². The molecule has 1 heterocycles. The lowest BCUT2D eigenvalue weighted by molar-refractivity contribution is 0.241. The van der Waals surface area contributed by atoms with Crippen LogP contribution in [0, 0.1) is 5.41 Å². The van der Waals surface area contributed by atoms with Gasteiger partial charge in [-0.2, -0.15) is 0 Å². The number of nitrogens with one attached hydrogen (secondary N) is 2. The maximum absolute atomic E-state index is 5.46. The smallest absolute Gasteiger partial charge is 0.191 e. The molecule has 25 heavy (non-hydrogen) atoms. The number of aliphatic imine (C=N–C) groups is 1. The normalized spacial score (nSPS) is 12.9. The third-order valence-electron chi connectivity index (χ3n) is 4.20. The fourth-order valence-electron chi connectivity index (χ4n) is 3.04. The lowest BCUT2D eigenvalue weighted by Crippen LogP contribution is -2.44. The molecule has 0 aliphatic rings. The predicted octanol–water partition coefficient (Wildman–Crippen LogP) is 3.22. The van der Waals surface area contributed by atoms with Gasteiger partial charge < -0.3 is 20.1 Å². The van der Waals surface area contributed by atoms with Gasteiger partial charge in [-0.3, -0.25) is 0 Å². The maximum atomic E-state index is 5.46. The van der Waals surface area contributed by atoms with Crippen molar-refractivity contribution in [1.29, 1.82) is 0 Å². The molecule has 0 bridgehead atoms. The van der Waals surface area contributed by atoms with E-state index in [9.17, 15) is 0 Å². The molecule has 144 valence electrons. The summed E-state index contributed by atoms with van der Waals surface area (Å²) in [5.41, 5.74) is 1.20. The Bertz CT molecular complexity index is 518. The summed E-state index contributed by atoms with van der Waals surface area (Å²) in [5, 5.41) is 10.9. The van der Waals surface area contributed by atoms with Crippen LogP contribution >= 0.6 is 0 Å². The highest BCUT2D eigenvalue weighted by atomic mass is 16.5. The van der Waals surface area contributed by atoms with Crippen LogP contribution in [-0.4, -0.2) is 49.7 Å². The van der Waals surface area contributed by atoms with E-state index in [0.717, 1.165) is 49.9 Å². The van der Waals surface area contributed by atoms with E-state index in [-0.39, 0.29) is 5.41 Å². The van der Waals surface area contributed by atoms with Crippen molar-refractivity contribution in [1.82, 2.24) is 20.7 Å². The van der Waals surface area contributed by atoms with Crippen LogP contribution in [0.25, 0.3) is 0 Å². The second-order valence-corrected chi connectivity index (χ2v) is 7.68. The van der Waals surface area contributed by atoms with Gasteiger partial charge in [0.05, 0.1) is 5.69 Å². The SMILES string of the molecule is CCNC(=NCc1cc(C(CC)CC)no1)NCC(C)(C)CN(C)C. The Kier molecular flexibility index (Phi) is 8.97. The van der Waals surface area contributed by atoms with Crippen LogP contribution in [-0.2, 0) is 6.54 Å². The van der Waals surface area contributed by atoms with Crippen LogP contribution < -0.4 is 10.6 Å². The second kappa shape index (κ2) is 10.4. The Morgan fingerprint density at radius 2 is 1.92 bits per heavy atom. The molecule has 6 heteroatoms. The van der Waals surface area contributed by atoms with Crippen molar-refractivity contribution in [2.24, 2.45) is 10.4 Å². The summed E-state index contributed by atoms with van der Waals surface area (Å²) in [6.07, 6.45) is 2.16. The molecule has 2 N–H and O–H groups in total. The number of aromatic nitrogens is 1.